The number of ketones is 1. The molecule has 12 heavy (non-hydrogen) atoms. The van der Waals surface area contributed by atoms with Gasteiger partial charge in [-0.25, -0.2) is 0 Å². The standard InChI is InChI=1S/C9H11NO2/c1-5-3-7(10)4-8(6(2)11)9(5)12/h3-4,12H,10H2,1-2H3. The summed E-state index contributed by atoms with van der Waals surface area (Å²) in [7, 11) is 0. The number of hydrogen-bond donors (Lipinski definition) is 2. The van der Waals surface area contributed by atoms with Gasteiger partial charge >= 0.3 is 0 Å². The van der Waals surface area contributed by atoms with Gasteiger partial charge in [0, 0.05) is 5.69 Å². The molecular weight excluding hydrogens is 154 g/mol. The SMILES string of the molecule is CC(=O)c1cc(N)cc(C)c1O. The van der Waals surface area contributed by atoms with Gasteiger partial charge in [0.15, 0.2) is 5.78 Å². The van der Waals surface area contributed by atoms with Crippen molar-refractivity contribution in [2.24, 2.45) is 0 Å². The molecule has 1 rings (SSSR count). The van der Waals surface area contributed by atoms with Gasteiger partial charge in [-0.3, -0.25) is 4.79 Å². The molecule has 0 fully saturated rings. The van der Waals surface area contributed by atoms with Crippen molar-refractivity contribution in [3.8, 4) is 5.75 Å². The van der Waals surface area contributed by atoms with E-state index in [-0.39, 0.29) is 17.1 Å². The summed E-state index contributed by atoms with van der Waals surface area (Å²) in [5.74, 6) is -0.153. The number of hydrogen-bond acceptors (Lipinski definition) is 3. The Labute approximate surface area is 70.8 Å². The largest absolute Gasteiger partial charge is 0.507 e. The molecule has 3 nitrogen and oxygen atoms in total. The fourth-order valence-electron chi connectivity index (χ4n) is 1.08. The van der Waals surface area contributed by atoms with E-state index in [9.17, 15) is 9.90 Å². The van der Waals surface area contributed by atoms with Gasteiger partial charge in [-0.15, -0.1) is 0 Å². The number of carbonyl (C=O) groups is 1. The number of nitrogens with two attached hydrogens (primary N) is 1. The number of Topliss-reactive ketones (excluding diaryl/α,β-unsaturated/α-hetero) is 1. The third-order valence-corrected chi connectivity index (χ3v) is 1.70. The average Bonchev–Trinajstić information content (AvgIpc) is 1.96. The molecule has 0 saturated carbocycles. The third kappa shape index (κ3) is 1.39. The number of carbonyl (C=O) groups excluding carboxylic acids is 1. The molecule has 0 atom stereocenters. The Kier molecular flexibility index (Phi) is 2.04. The topological polar surface area (TPSA) is 63.3 Å². The van der Waals surface area contributed by atoms with Crippen LogP contribution in [0.3, 0.4) is 0 Å². The minimum atomic E-state index is -0.178. The Morgan fingerprint density at radius 3 is 2.58 bits per heavy atom. The van der Waals surface area contributed by atoms with Crippen LogP contribution in [-0.4, -0.2) is 10.9 Å². The second-order valence-electron chi connectivity index (χ2n) is 2.79. The van der Waals surface area contributed by atoms with Crippen LogP contribution < -0.4 is 5.73 Å². The lowest BCUT2D eigenvalue weighted by molar-refractivity contribution is 0.101. The monoisotopic (exact) mass is 165 g/mol. The van der Waals surface area contributed by atoms with Crippen molar-refractivity contribution in [3.63, 3.8) is 0 Å². The van der Waals surface area contributed by atoms with E-state index in [2.05, 4.69) is 0 Å². The number of anilines is 1. The van der Waals surface area contributed by atoms with Gasteiger partial charge in [0.05, 0.1) is 5.56 Å². The predicted molar refractivity (Wildman–Crippen MR) is 47.3 cm³/mol. The van der Waals surface area contributed by atoms with Gasteiger partial charge in [-0.2, -0.15) is 0 Å². The van der Waals surface area contributed by atoms with E-state index in [1.807, 2.05) is 0 Å². The summed E-state index contributed by atoms with van der Waals surface area (Å²) in [4.78, 5) is 11.0. The lowest BCUT2D eigenvalue weighted by atomic mass is 10.1. The van der Waals surface area contributed by atoms with Crippen LogP contribution in [0.2, 0.25) is 0 Å². The molecule has 0 spiro atoms. The molecule has 0 unspecified atom stereocenters. The number of rotatable bonds is 1. The highest BCUT2D eigenvalue weighted by Crippen LogP contribution is 2.25. The molecule has 0 saturated heterocycles. The molecule has 0 aliphatic carbocycles. The maximum atomic E-state index is 11.0. The first kappa shape index (κ1) is 8.59. The molecule has 0 radical (unpaired) electrons. The van der Waals surface area contributed by atoms with Crippen molar-refractivity contribution in [1.29, 1.82) is 0 Å². The van der Waals surface area contributed by atoms with E-state index in [1.54, 1.807) is 13.0 Å². The number of aryl methyl sites for hydroxylation is 1. The Hall–Kier alpha value is -1.51. The minimum Gasteiger partial charge on any atom is -0.507 e. The zero-order valence-electron chi connectivity index (χ0n) is 7.09. The first-order valence-corrected chi connectivity index (χ1v) is 3.62. The van der Waals surface area contributed by atoms with Crippen molar-refractivity contribution >= 4 is 11.5 Å². The molecule has 0 aliphatic heterocycles. The number of nitrogen functional groups attached to an aromatic ring is 1. The van der Waals surface area contributed by atoms with Crippen molar-refractivity contribution in [2.75, 3.05) is 5.73 Å². The number of benzene rings is 1. The van der Waals surface area contributed by atoms with E-state index in [0.29, 0.717) is 11.3 Å². The molecule has 1 aromatic rings. The molecule has 0 aliphatic rings. The fourth-order valence-corrected chi connectivity index (χ4v) is 1.08. The second-order valence-corrected chi connectivity index (χ2v) is 2.79. The fraction of sp³-hybridized carbons (Fsp3) is 0.222. The molecule has 3 heteroatoms. The van der Waals surface area contributed by atoms with Crippen molar-refractivity contribution < 1.29 is 9.90 Å². The molecule has 0 amide bonds. The van der Waals surface area contributed by atoms with Crippen LogP contribution in [0.25, 0.3) is 0 Å². The van der Waals surface area contributed by atoms with E-state index in [1.165, 1.54) is 13.0 Å². The number of phenolic OH excluding ortho intramolecular Hbond substituents is 1. The summed E-state index contributed by atoms with van der Waals surface area (Å²) in [5.41, 5.74) is 6.91. The van der Waals surface area contributed by atoms with Crippen LogP contribution in [-0.2, 0) is 0 Å². The maximum absolute atomic E-state index is 11.0. The molecule has 0 heterocycles. The summed E-state index contributed by atoms with van der Waals surface area (Å²) < 4.78 is 0. The smallest absolute Gasteiger partial charge is 0.163 e. The van der Waals surface area contributed by atoms with Crippen molar-refractivity contribution in [2.45, 2.75) is 13.8 Å². The van der Waals surface area contributed by atoms with Gasteiger partial charge in [0.25, 0.3) is 0 Å². The first-order chi connectivity index (χ1) is 5.52. The van der Waals surface area contributed by atoms with Gasteiger partial charge in [0.2, 0.25) is 0 Å². The summed E-state index contributed by atoms with van der Waals surface area (Å²) in [6.07, 6.45) is 0. The zero-order chi connectivity index (χ0) is 9.30. The van der Waals surface area contributed by atoms with Gasteiger partial charge in [0.1, 0.15) is 5.75 Å². The number of phenols is 1. The highest BCUT2D eigenvalue weighted by molar-refractivity contribution is 5.98. The normalized spacial score (nSPS) is 9.83. The first-order valence-electron chi connectivity index (χ1n) is 3.62. The molecular formula is C9H11NO2. The van der Waals surface area contributed by atoms with Crippen LogP contribution in [0.1, 0.15) is 22.8 Å². The van der Waals surface area contributed by atoms with Crippen LogP contribution >= 0.6 is 0 Å². The second kappa shape index (κ2) is 2.85. The quantitative estimate of drug-likeness (QED) is 0.376. The van der Waals surface area contributed by atoms with Crippen LogP contribution in [0, 0.1) is 6.92 Å². The number of aromatic hydroxyl groups is 1. The Bertz CT molecular complexity index is 332. The highest BCUT2D eigenvalue weighted by atomic mass is 16.3. The summed E-state index contributed by atoms with van der Waals surface area (Å²) in [6, 6.07) is 3.10. The van der Waals surface area contributed by atoms with Crippen LogP contribution in [0.5, 0.6) is 5.75 Å². The van der Waals surface area contributed by atoms with Crippen LogP contribution in [0.4, 0.5) is 5.69 Å². The average molecular weight is 165 g/mol. The predicted octanol–water partition coefficient (Wildman–Crippen LogP) is 1.49. The minimum absolute atomic E-state index is 0.0247. The summed E-state index contributed by atoms with van der Waals surface area (Å²) >= 11 is 0. The van der Waals surface area contributed by atoms with Gasteiger partial charge in [-0.05, 0) is 31.5 Å². The highest BCUT2D eigenvalue weighted by Gasteiger charge is 2.09. The van der Waals surface area contributed by atoms with Crippen molar-refractivity contribution in [3.05, 3.63) is 23.3 Å². The van der Waals surface area contributed by atoms with Crippen molar-refractivity contribution in [1.82, 2.24) is 0 Å². The van der Waals surface area contributed by atoms with E-state index < -0.39 is 0 Å². The van der Waals surface area contributed by atoms with E-state index >= 15 is 0 Å². The third-order valence-electron chi connectivity index (χ3n) is 1.70. The Balaban J connectivity index is 3.37. The van der Waals surface area contributed by atoms with E-state index in [4.69, 9.17) is 5.73 Å². The molecule has 0 bridgehead atoms. The van der Waals surface area contributed by atoms with Crippen LogP contribution in [0.15, 0.2) is 12.1 Å². The van der Waals surface area contributed by atoms with Gasteiger partial charge in [-0.1, -0.05) is 0 Å². The zero-order valence-corrected chi connectivity index (χ0v) is 7.09. The molecule has 64 valence electrons. The summed E-state index contributed by atoms with van der Waals surface area (Å²) in [5, 5.41) is 9.42. The van der Waals surface area contributed by atoms with Gasteiger partial charge < -0.3 is 10.8 Å². The lowest BCUT2D eigenvalue weighted by Gasteiger charge is -2.05. The summed E-state index contributed by atoms with van der Waals surface area (Å²) in [6.45, 7) is 3.10. The van der Waals surface area contributed by atoms with E-state index in [0.717, 1.165) is 0 Å². The maximum Gasteiger partial charge on any atom is 0.163 e. The molecule has 3 N–H and O–H groups in total. The molecule has 1 aromatic carbocycles. The Morgan fingerprint density at radius 2 is 2.08 bits per heavy atom. The Morgan fingerprint density at radius 1 is 1.50 bits per heavy atom. The molecule has 0 aromatic heterocycles. The lowest BCUT2D eigenvalue weighted by Crippen LogP contribution is -1.97.